The molecule has 2 rings (SSSR count). The molecule has 5 nitrogen and oxygen atoms in total. The summed E-state index contributed by atoms with van der Waals surface area (Å²) in [5.41, 5.74) is 0.978. The SMILES string of the molecule is Cc1cc(Cl)ccc1O[C@H](C)c1ncnn1CCCO. The number of aliphatic hydroxyl groups excluding tert-OH is 1. The van der Waals surface area contributed by atoms with Crippen LogP contribution in [0.2, 0.25) is 5.02 Å². The molecule has 1 heterocycles. The normalized spacial score (nSPS) is 12.4. The highest BCUT2D eigenvalue weighted by Crippen LogP contribution is 2.26. The fourth-order valence-electron chi connectivity index (χ4n) is 1.97. The maximum absolute atomic E-state index is 8.89. The minimum atomic E-state index is -0.226. The molecule has 0 saturated heterocycles. The molecular formula is C14H18ClN3O2. The lowest BCUT2D eigenvalue weighted by Crippen LogP contribution is -2.14. The number of aromatic nitrogens is 3. The van der Waals surface area contributed by atoms with E-state index in [4.69, 9.17) is 21.4 Å². The summed E-state index contributed by atoms with van der Waals surface area (Å²) < 4.78 is 7.68. The quantitative estimate of drug-likeness (QED) is 0.890. The largest absolute Gasteiger partial charge is 0.482 e. The van der Waals surface area contributed by atoms with E-state index in [9.17, 15) is 0 Å². The second-order valence-electron chi connectivity index (χ2n) is 4.59. The van der Waals surface area contributed by atoms with E-state index in [0.717, 1.165) is 17.1 Å². The number of halogens is 1. The molecule has 0 radical (unpaired) electrons. The molecular weight excluding hydrogens is 278 g/mol. The number of hydrogen-bond donors (Lipinski definition) is 1. The summed E-state index contributed by atoms with van der Waals surface area (Å²) in [6.07, 6.45) is 1.92. The Balaban J connectivity index is 2.11. The van der Waals surface area contributed by atoms with Crippen LogP contribution in [0.5, 0.6) is 5.75 Å². The molecule has 20 heavy (non-hydrogen) atoms. The van der Waals surface area contributed by atoms with Crippen LogP contribution < -0.4 is 4.74 Å². The van der Waals surface area contributed by atoms with E-state index in [1.165, 1.54) is 6.33 Å². The van der Waals surface area contributed by atoms with Crippen molar-refractivity contribution in [2.75, 3.05) is 6.61 Å². The zero-order valence-electron chi connectivity index (χ0n) is 11.6. The molecule has 0 aliphatic heterocycles. The van der Waals surface area contributed by atoms with Crippen LogP contribution in [-0.2, 0) is 6.54 Å². The highest BCUT2D eigenvalue weighted by molar-refractivity contribution is 6.30. The van der Waals surface area contributed by atoms with Crippen LogP contribution in [0.15, 0.2) is 24.5 Å². The number of hydrogen-bond acceptors (Lipinski definition) is 4. The molecule has 0 amide bonds. The van der Waals surface area contributed by atoms with Gasteiger partial charge in [-0.15, -0.1) is 0 Å². The first-order valence-corrected chi connectivity index (χ1v) is 6.91. The van der Waals surface area contributed by atoms with E-state index in [0.29, 0.717) is 18.0 Å². The van der Waals surface area contributed by atoms with E-state index in [1.807, 2.05) is 26.0 Å². The molecule has 108 valence electrons. The van der Waals surface area contributed by atoms with Gasteiger partial charge in [-0.3, -0.25) is 0 Å². The van der Waals surface area contributed by atoms with Crippen LogP contribution in [-0.4, -0.2) is 26.5 Å². The van der Waals surface area contributed by atoms with Gasteiger partial charge >= 0.3 is 0 Å². The van der Waals surface area contributed by atoms with Crippen molar-refractivity contribution in [3.8, 4) is 5.75 Å². The topological polar surface area (TPSA) is 60.2 Å². The number of benzene rings is 1. The molecule has 2 aromatic rings. The van der Waals surface area contributed by atoms with Gasteiger partial charge in [-0.25, -0.2) is 9.67 Å². The third-order valence-corrected chi connectivity index (χ3v) is 3.21. The number of nitrogens with zero attached hydrogens (tertiary/aromatic N) is 3. The smallest absolute Gasteiger partial charge is 0.167 e. The summed E-state index contributed by atoms with van der Waals surface area (Å²) in [4.78, 5) is 4.23. The summed E-state index contributed by atoms with van der Waals surface area (Å²) in [6, 6.07) is 5.51. The summed E-state index contributed by atoms with van der Waals surface area (Å²) in [6.45, 7) is 4.63. The molecule has 1 aromatic carbocycles. The van der Waals surface area contributed by atoms with Gasteiger partial charge in [-0.2, -0.15) is 5.10 Å². The van der Waals surface area contributed by atoms with Crippen LogP contribution in [0, 0.1) is 6.92 Å². The molecule has 0 fully saturated rings. The fourth-order valence-corrected chi connectivity index (χ4v) is 2.20. The Morgan fingerprint density at radius 1 is 1.45 bits per heavy atom. The van der Waals surface area contributed by atoms with Gasteiger partial charge in [-0.1, -0.05) is 11.6 Å². The molecule has 6 heteroatoms. The van der Waals surface area contributed by atoms with E-state index in [1.54, 1.807) is 10.7 Å². The van der Waals surface area contributed by atoms with Gasteiger partial charge in [0.2, 0.25) is 0 Å². The van der Waals surface area contributed by atoms with Gasteiger partial charge in [0.1, 0.15) is 12.1 Å². The molecule has 0 saturated carbocycles. The minimum absolute atomic E-state index is 0.130. The van der Waals surface area contributed by atoms with Crippen molar-refractivity contribution in [1.82, 2.24) is 14.8 Å². The van der Waals surface area contributed by atoms with Crippen molar-refractivity contribution in [2.24, 2.45) is 0 Å². The van der Waals surface area contributed by atoms with Crippen molar-refractivity contribution < 1.29 is 9.84 Å². The lowest BCUT2D eigenvalue weighted by molar-refractivity contribution is 0.204. The summed E-state index contributed by atoms with van der Waals surface area (Å²) in [7, 11) is 0. The standard InChI is InChI=1S/C14H18ClN3O2/c1-10-8-12(15)4-5-13(10)20-11(2)14-16-9-17-18(14)6-3-7-19/h4-5,8-9,11,19H,3,6-7H2,1-2H3/t11-/m1/s1. The van der Waals surface area contributed by atoms with Gasteiger partial charge in [0.25, 0.3) is 0 Å². The Hall–Kier alpha value is -1.59. The third kappa shape index (κ3) is 3.49. The Labute approximate surface area is 123 Å². The van der Waals surface area contributed by atoms with Crippen molar-refractivity contribution >= 4 is 11.6 Å². The molecule has 0 bridgehead atoms. The predicted molar refractivity (Wildman–Crippen MR) is 77.0 cm³/mol. The van der Waals surface area contributed by atoms with E-state index < -0.39 is 0 Å². The van der Waals surface area contributed by atoms with Gasteiger partial charge in [0.15, 0.2) is 11.9 Å². The Morgan fingerprint density at radius 3 is 2.95 bits per heavy atom. The summed E-state index contributed by atoms with van der Waals surface area (Å²) in [5.74, 6) is 1.52. The summed E-state index contributed by atoms with van der Waals surface area (Å²) in [5, 5.41) is 13.7. The van der Waals surface area contributed by atoms with Gasteiger partial charge < -0.3 is 9.84 Å². The fraction of sp³-hybridized carbons (Fsp3) is 0.429. The van der Waals surface area contributed by atoms with Crippen molar-refractivity contribution in [1.29, 1.82) is 0 Å². The lowest BCUT2D eigenvalue weighted by Gasteiger charge is -2.16. The predicted octanol–water partition coefficient (Wildman–Crippen LogP) is 2.76. The minimum Gasteiger partial charge on any atom is -0.482 e. The first-order valence-electron chi connectivity index (χ1n) is 6.53. The average molecular weight is 296 g/mol. The first-order chi connectivity index (χ1) is 9.61. The molecule has 1 atom stereocenters. The molecule has 1 aromatic heterocycles. The van der Waals surface area contributed by atoms with Crippen LogP contribution >= 0.6 is 11.6 Å². The zero-order valence-corrected chi connectivity index (χ0v) is 12.3. The molecule has 0 unspecified atom stereocenters. The average Bonchev–Trinajstić information content (AvgIpc) is 2.88. The monoisotopic (exact) mass is 295 g/mol. The van der Waals surface area contributed by atoms with Crippen LogP contribution in [0.3, 0.4) is 0 Å². The second kappa shape index (κ2) is 6.72. The number of ether oxygens (including phenoxy) is 1. The van der Waals surface area contributed by atoms with Crippen LogP contribution in [0.25, 0.3) is 0 Å². The first kappa shape index (κ1) is 14.8. The van der Waals surface area contributed by atoms with Crippen molar-refractivity contribution in [3.05, 3.63) is 40.9 Å². The number of aryl methyl sites for hydroxylation is 2. The molecule has 0 aliphatic carbocycles. The van der Waals surface area contributed by atoms with Crippen LogP contribution in [0.1, 0.15) is 30.8 Å². The van der Waals surface area contributed by atoms with E-state index in [-0.39, 0.29) is 12.7 Å². The molecule has 1 N–H and O–H groups in total. The van der Waals surface area contributed by atoms with E-state index >= 15 is 0 Å². The number of rotatable bonds is 6. The Kier molecular flexibility index (Phi) is 4.98. The maximum atomic E-state index is 8.89. The van der Waals surface area contributed by atoms with E-state index in [2.05, 4.69) is 10.1 Å². The second-order valence-corrected chi connectivity index (χ2v) is 5.02. The van der Waals surface area contributed by atoms with Crippen molar-refractivity contribution in [2.45, 2.75) is 32.9 Å². The summed E-state index contributed by atoms with van der Waals surface area (Å²) >= 11 is 5.93. The van der Waals surface area contributed by atoms with Crippen LogP contribution in [0.4, 0.5) is 0 Å². The Morgan fingerprint density at radius 2 is 2.25 bits per heavy atom. The highest BCUT2D eigenvalue weighted by atomic mass is 35.5. The maximum Gasteiger partial charge on any atom is 0.167 e. The highest BCUT2D eigenvalue weighted by Gasteiger charge is 2.15. The van der Waals surface area contributed by atoms with Crippen molar-refractivity contribution in [3.63, 3.8) is 0 Å². The lowest BCUT2D eigenvalue weighted by atomic mass is 10.2. The Bertz CT molecular complexity index is 571. The van der Waals surface area contributed by atoms with Gasteiger partial charge in [0, 0.05) is 18.2 Å². The molecule has 0 spiro atoms. The number of aliphatic hydroxyl groups is 1. The third-order valence-electron chi connectivity index (χ3n) is 2.98. The van der Waals surface area contributed by atoms with Gasteiger partial charge in [-0.05, 0) is 44.0 Å². The van der Waals surface area contributed by atoms with Gasteiger partial charge in [0.05, 0.1) is 0 Å². The molecule has 0 aliphatic rings. The zero-order chi connectivity index (χ0) is 14.5.